The molecule has 6 nitrogen and oxygen atoms in total. The molecule has 2 atom stereocenters. The Morgan fingerprint density at radius 1 is 1.50 bits per heavy atom. The van der Waals surface area contributed by atoms with Crippen LogP contribution >= 0.6 is 0 Å². The van der Waals surface area contributed by atoms with E-state index in [1.807, 2.05) is 38.7 Å². The van der Waals surface area contributed by atoms with E-state index in [-0.39, 0.29) is 30.3 Å². The monoisotopic (exact) mass is 307 g/mol. The van der Waals surface area contributed by atoms with E-state index in [1.165, 1.54) is 0 Å². The first-order valence-corrected chi connectivity index (χ1v) is 7.77. The molecule has 0 aliphatic carbocycles. The molecule has 1 aliphatic heterocycles. The van der Waals surface area contributed by atoms with Crippen molar-refractivity contribution in [3.63, 3.8) is 0 Å². The molecule has 1 fully saturated rings. The van der Waals surface area contributed by atoms with Crippen molar-refractivity contribution >= 4 is 6.03 Å². The number of morpholine rings is 1. The summed E-state index contributed by atoms with van der Waals surface area (Å²) in [5, 5.41) is 2.87. The third-order valence-electron chi connectivity index (χ3n) is 4.11. The Hall–Kier alpha value is -1.82. The van der Waals surface area contributed by atoms with Gasteiger partial charge in [0, 0.05) is 17.8 Å². The van der Waals surface area contributed by atoms with Crippen LogP contribution in [0, 0.1) is 13.8 Å². The number of aryl methyl sites for hydroxylation is 2. The van der Waals surface area contributed by atoms with E-state index in [4.69, 9.17) is 4.74 Å². The minimum Gasteiger partial charge on any atom is -0.375 e. The van der Waals surface area contributed by atoms with E-state index in [2.05, 4.69) is 10.3 Å². The number of hydrogen-bond donors (Lipinski definition) is 2. The number of amides is 2. The quantitative estimate of drug-likeness (QED) is 0.892. The Labute approximate surface area is 130 Å². The number of carbonyl (C=O) groups excluding carboxylic acids is 1. The topological polar surface area (TPSA) is 74.4 Å². The molecular formula is C16H25N3O3. The lowest BCUT2D eigenvalue weighted by molar-refractivity contribution is -0.0378. The van der Waals surface area contributed by atoms with Gasteiger partial charge in [0.05, 0.1) is 25.3 Å². The maximum atomic E-state index is 12.4. The summed E-state index contributed by atoms with van der Waals surface area (Å²) in [5.41, 5.74) is 2.18. The fourth-order valence-electron chi connectivity index (χ4n) is 2.80. The molecule has 2 rings (SSSR count). The van der Waals surface area contributed by atoms with Gasteiger partial charge in [-0.05, 0) is 38.8 Å². The highest BCUT2D eigenvalue weighted by atomic mass is 16.5. The third kappa shape index (κ3) is 3.68. The van der Waals surface area contributed by atoms with Gasteiger partial charge in [-0.3, -0.25) is 4.79 Å². The average molecular weight is 307 g/mol. The summed E-state index contributed by atoms with van der Waals surface area (Å²) in [4.78, 5) is 29.0. The van der Waals surface area contributed by atoms with E-state index in [1.54, 1.807) is 0 Å². The molecule has 0 radical (unpaired) electrons. The second-order valence-electron chi connectivity index (χ2n) is 5.96. The Morgan fingerprint density at radius 3 is 2.86 bits per heavy atom. The van der Waals surface area contributed by atoms with Crippen molar-refractivity contribution in [2.75, 3.05) is 13.2 Å². The summed E-state index contributed by atoms with van der Waals surface area (Å²) in [6, 6.07) is 1.86. The minimum absolute atomic E-state index is 0.0399. The van der Waals surface area contributed by atoms with Crippen LogP contribution in [0.15, 0.2) is 10.9 Å². The Kier molecular flexibility index (Phi) is 5.24. The van der Waals surface area contributed by atoms with Crippen molar-refractivity contribution < 1.29 is 9.53 Å². The first-order valence-electron chi connectivity index (χ1n) is 7.77. The molecule has 0 unspecified atom stereocenters. The van der Waals surface area contributed by atoms with E-state index in [0.29, 0.717) is 18.7 Å². The maximum absolute atomic E-state index is 12.4. The average Bonchev–Trinajstić information content (AvgIpc) is 2.45. The maximum Gasteiger partial charge on any atom is 0.318 e. The van der Waals surface area contributed by atoms with Crippen LogP contribution in [0.4, 0.5) is 4.79 Å². The van der Waals surface area contributed by atoms with E-state index < -0.39 is 0 Å². The van der Waals surface area contributed by atoms with Crippen LogP contribution in [0.2, 0.25) is 0 Å². The molecule has 2 N–H and O–H groups in total. The summed E-state index contributed by atoms with van der Waals surface area (Å²) < 4.78 is 5.60. The standard InChI is InChI=1S/C16H25N3O3/c1-5-13-9-22-12(4)8-19(13)16(21)17-7-14-10(2)6-11(3)18-15(14)20/h6,12-13H,5,7-9H2,1-4H3,(H,17,21)(H,18,20)/t12-,13+/m0/s1. The van der Waals surface area contributed by atoms with Gasteiger partial charge in [0.1, 0.15) is 0 Å². The Bertz CT molecular complexity index is 597. The fourth-order valence-corrected chi connectivity index (χ4v) is 2.80. The van der Waals surface area contributed by atoms with Gasteiger partial charge in [-0.15, -0.1) is 0 Å². The van der Waals surface area contributed by atoms with Crippen LogP contribution in [0.1, 0.15) is 37.1 Å². The van der Waals surface area contributed by atoms with Gasteiger partial charge in [-0.1, -0.05) is 6.92 Å². The second-order valence-corrected chi connectivity index (χ2v) is 5.96. The molecule has 1 aromatic rings. The van der Waals surface area contributed by atoms with Crippen LogP contribution in [-0.2, 0) is 11.3 Å². The molecule has 0 saturated carbocycles. The van der Waals surface area contributed by atoms with E-state index in [9.17, 15) is 9.59 Å². The molecule has 0 aromatic carbocycles. The fraction of sp³-hybridized carbons (Fsp3) is 0.625. The SMILES string of the molecule is CC[C@@H]1CO[C@@H](C)CN1C(=O)NCc1c(C)cc(C)[nH]c1=O. The van der Waals surface area contributed by atoms with Crippen LogP contribution in [0.25, 0.3) is 0 Å². The molecule has 2 heterocycles. The number of aromatic amines is 1. The number of aromatic nitrogens is 1. The van der Waals surface area contributed by atoms with Crippen molar-refractivity contribution in [1.29, 1.82) is 0 Å². The van der Waals surface area contributed by atoms with Gasteiger partial charge in [-0.2, -0.15) is 0 Å². The number of pyridine rings is 1. The molecule has 1 aromatic heterocycles. The van der Waals surface area contributed by atoms with Crippen molar-refractivity contribution in [3.05, 3.63) is 33.2 Å². The largest absolute Gasteiger partial charge is 0.375 e. The van der Waals surface area contributed by atoms with Crippen LogP contribution in [0.3, 0.4) is 0 Å². The zero-order valence-corrected chi connectivity index (χ0v) is 13.7. The van der Waals surface area contributed by atoms with Gasteiger partial charge in [-0.25, -0.2) is 4.79 Å². The predicted molar refractivity (Wildman–Crippen MR) is 85.0 cm³/mol. The Balaban J connectivity index is 2.04. The minimum atomic E-state index is -0.139. The van der Waals surface area contributed by atoms with Gasteiger partial charge in [0.25, 0.3) is 5.56 Å². The molecule has 0 bridgehead atoms. The Morgan fingerprint density at radius 2 is 2.23 bits per heavy atom. The lowest BCUT2D eigenvalue weighted by Crippen LogP contribution is -2.54. The van der Waals surface area contributed by atoms with Crippen molar-refractivity contribution in [2.45, 2.75) is 52.8 Å². The molecular weight excluding hydrogens is 282 g/mol. The number of nitrogens with zero attached hydrogens (tertiary/aromatic N) is 1. The van der Waals surface area contributed by atoms with Gasteiger partial charge in [0.2, 0.25) is 0 Å². The molecule has 6 heteroatoms. The highest BCUT2D eigenvalue weighted by molar-refractivity contribution is 5.74. The smallest absolute Gasteiger partial charge is 0.318 e. The summed E-state index contributed by atoms with van der Waals surface area (Å²) in [7, 11) is 0. The number of carbonyl (C=O) groups is 1. The molecule has 1 saturated heterocycles. The third-order valence-corrected chi connectivity index (χ3v) is 4.11. The van der Waals surface area contributed by atoms with Crippen LogP contribution in [0.5, 0.6) is 0 Å². The van der Waals surface area contributed by atoms with Crippen molar-refractivity contribution in [1.82, 2.24) is 15.2 Å². The number of rotatable bonds is 3. The normalized spacial score (nSPS) is 21.7. The van der Waals surface area contributed by atoms with Gasteiger partial charge >= 0.3 is 6.03 Å². The van der Waals surface area contributed by atoms with Crippen LogP contribution < -0.4 is 10.9 Å². The highest BCUT2D eigenvalue weighted by Crippen LogP contribution is 2.14. The van der Waals surface area contributed by atoms with Crippen molar-refractivity contribution in [2.24, 2.45) is 0 Å². The van der Waals surface area contributed by atoms with Crippen molar-refractivity contribution in [3.8, 4) is 0 Å². The first-order chi connectivity index (χ1) is 10.4. The van der Waals surface area contributed by atoms with Crippen LogP contribution in [-0.4, -0.2) is 41.2 Å². The molecule has 2 amide bonds. The first kappa shape index (κ1) is 16.5. The summed E-state index contributed by atoms with van der Waals surface area (Å²) in [6.07, 6.45) is 0.891. The zero-order valence-electron chi connectivity index (χ0n) is 13.7. The number of ether oxygens (including phenoxy) is 1. The van der Waals surface area contributed by atoms with E-state index in [0.717, 1.165) is 17.7 Å². The van der Waals surface area contributed by atoms with Gasteiger partial charge < -0.3 is 19.9 Å². The number of hydrogen-bond acceptors (Lipinski definition) is 3. The number of H-pyrrole nitrogens is 1. The summed E-state index contributed by atoms with van der Waals surface area (Å²) in [5.74, 6) is 0. The summed E-state index contributed by atoms with van der Waals surface area (Å²) in [6.45, 7) is 9.11. The number of urea groups is 1. The predicted octanol–water partition coefficient (Wildman–Crippen LogP) is 1.70. The second kappa shape index (κ2) is 6.96. The zero-order chi connectivity index (χ0) is 16.3. The number of nitrogens with one attached hydrogen (secondary N) is 2. The molecule has 0 spiro atoms. The summed E-state index contributed by atoms with van der Waals surface area (Å²) >= 11 is 0. The molecule has 1 aliphatic rings. The molecule has 122 valence electrons. The highest BCUT2D eigenvalue weighted by Gasteiger charge is 2.29. The lowest BCUT2D eigenvalue weighted by atomic mass is 10.1. The van der Waals surface area contributed by atoms with E-state index >= 15 is 0 Å². The van der Waals surface area contributed by atoms with Gasteiger partial charge in [0.15, 0.2) is 0 Å². The molecule has 22 heavy (non-hydrogen) atoms. The lowest BCUT2D eigenvalue weighted by Gasteiger charge is -2.38.